The first-order valence-electron chi connectivity index (χ1n) is 5.70. The lowest BCUT2D eigenvalue weighted by Crippen LogP contribution is -2.18. The second-order valence-electron chi connectivity index (χ2n) is 4.11. The van der Waals surface area contributed by atoms with Gasteiger partial charge in [-0.3, -0.25) is 0 Å². The molecule has 1 N–H and O–H groups in total. The van der Waals surface area contributed by atoms with Crippen molar-refractivity contribution in [3.05, 3.63) is 35.4 Å². The molecule has 2 heteroatoms. The molecule has 0 spiro atoms. The first-order valence-corrected chi connectivity index (χ1v) is 5.70. The summed E-state index contributed by atoms with van der Waals surface area (Å²) in [7, 11) is 0. The maximum absolute atomic E-state index is 10.0. The molecular formula is C13H18O2. The van der Waals surface area contributed by atoms with Gasteiger partial charge >= 0.3 is 0 Å². The number of aliphatic hydroxyl groups excluding tert-OH is 1. The normalized spacial score (nSPS) is 24.1. The Balaban J connectivity index is 1.97. The van der Waals surface area contributed by atoms with Crippen LogP contribution in [0, 0.1) is 0 Å². The topological polar surface area (TPSA) is 29.5 Å². The summed E-state index contributed by atoms with van der Waals surface area (Å²) in [6.45, 7) is 2.90. The summed E-state index contributed by atoms with van der Waals surface area (Å²) in [6.07, 6.45) is 2.59. The first-order chi connectivity index (χ1) is 7.33. The van der Waals surface area contributed by atoms with Gasteiger partial charge in [0, 0.05) is 13.0 Å². The standard InChI is InChI=1S/C13H18O2/c1-2-3-8-15-12-9-10-6-4-5-7-11(10)13(12)14/h4-7,12-14H,2-3,8-9H2,1H3. The number of ether oxygens (including phenoxy) is 1. The van der Waals surface area contributed by atoms with Crippen LogP contribution in [0.5, 0.6) is 0 Å². The van der Waals surface area contributed by atoms with E-state index >= 15 is 0 Å². The van der Waals surface area contributed by atoms with Gasteiger partial charge < -0.3 is 9.84 Å². The van der Waals surface area contributed by atoms with Crippen LogP contribution in [-0.2, 0) is 11.2 Å². The monoisotopic (exact) mass is 206 g/mol. The van der Waals surface area contributed by atoms with Gasteiger partial charge in [-0.2, -0.15) is 0 Å². The second-order valence-corrected chi connectivity index (χ2v) is 4.11. The smallest absolute Gasteiger partial charge is 0.106 e. The third kappa shape index (κ3) is 2.21. The molecule has 1 aliphatic carbocycles. The minimum Gasteiger partial charge on any atom is -0.386 e. The summed E-state index contributed by atoms with van der Waals surface area (Å²) in [5.41, 5.74) is 2.27. The Hall–Kier alpha value is -0.860. The van der Waals surface area contributed by atoms with Crippen LogP contribution >= 0.6 is 0 Å². The van der Waals surface area contributed by atoms with Gasteiger partial charge in [-0.05, 0) is 17.5 Å². The maximum atomic E-state index is 10.0. The highest BCUT2D eigenvalue weighted by atomic mass is 16.5. The van der Waals surface area contributed by atoms with E-state index in [1.807, 2.05) is 18.2 Å². The Morgan fingerprint density at radius 2 is 2.20 bits per heavy atom. The molecule has 2 rings (SSSR count). The van der Waals surface area contributed by atoms with Crippen LogP contribution in [0.25, 0.3) is 0 Å². The van der Waals surface area contributed by atoms with E-state index in [2.05, 4.69) is 13.0 Å². The van der Waals surface area contributed by atoms with Crippen molar-refractivity contribution >= 4 is 0 Å². The molecule has 0 bridgehead atoms. The lowest BCUT2D eigenvalue weighted by molar-refractivity contribution is -0.0285. The van der Waals surface area contributed by atoms with E-state index in [0.717, 1.165) is 31.4 Å². The zero-order chi connectivity index (χ0) is 10.7. The van der Waals surface area contributed by atoms with Crippen molar-refractivity contribution in [2.75, 3.05) is 6.61 Å². The third-order valence-electron chi connectivity index (χ3n) is 2.98. The zero-order valence-corrected chi connectivity index (χ0v) is 9.15. The van der Waals surface area contributed by atoms with Crippen molar-refractivity contribution in [1.29, 1.82) is 0 Å². The fourth-order valence-electron chi connectivity index (χ4n) is 2.07. The average Bonchev–Trinajstić information content (AvgIpc) is 2.57. The molecule has 2 nitrogen and oxygen atoms in total. The van der Waals surface area contributed by atoms with Crippen molar-refractivity contribution in [2.24, 2.45) is 0 Å². The molecule has 1 aromatic rings. The largest absolute Gasteiger partial charge is 0.386 e. The number of rotatable bonds is 4. The molecule has 0 saturated heterocycles. The number of hydrogen-bond acceptors (Lipinski definition) is 2. The first kappa shape index (κ1) is 10.7. The molecule has 0 aliphatic heterocycles. The molecule has 0 aromatic heterocycles. The summed E-state index contributed by atoms with van der Waals surface area (Å²) in [6, 6.07) is 8.04. The van der Waals surface area contributed by atoms with Crippen molar-refractivity contribution in [3.8, 4) is 0 Å². The Kier molecular flexibility index (Phi) is 3.39. The summed E-state index contributed by atoms with van der Waals surface area (Å²) in [4.78, 5) is 0. The highest BCUT2D eigenvalue weighted by Gasteiger charge is 2.30. The SMILES string of the molecule is CCCCOC1Cc2ccccc2C1O. The molecule has 1 aromatic carbocycles. The Morgan fingerprint density at radius 3 is 2.93 bits per heavy atom. The van der Waals surface area contributed by atoms with Gasteiger partial charge in [-0.1, -0.05) is 37.6 Å². The summed E-state index contributed by atoms with van der Waals surface area (Å²) in [5.74, 6) is 0. The summed E-state index contributed by atoms with van der Waals surface area (Å²) in [5, 5.41) is 10.0. The van der Waals surface area contributed by atoms with E-state index in [4.69, 9.17) is 4.74 Å². The van der Waals surface area contributed by atoms with Gasteiger partial charge in [-0.15, -0.1) is 0 Å². The Bertz CT molecular complexity index is 322. The molecule has 0 heterocycles. The third-order valence-corrected chi connectivity index (χ3v) is 2.98. The van der Waals surface area contributed by atoms with Gasteiger partial charge in [0.05, 0.1) is 6.10 Å². The summed E-state index contributed by atoms with van der Waals surface area (Å²) < 4.78 is 5.69. The van der Waals surface area contributed by atoms with E-state index in [-0.39, 0.29) is 6.10 Å². The molecule has 0 saturated carbocycles. The molecule has 2 atom stereocenters. The van der Waals surface area contributed by atoms with Crippen molar-refractivity contribution in [2.45, 2.75) is 38.4 Å². The molecule has 1 aliphatic rings. The highest BCUT2D eigenvalue weighted by molar-refractivity contribution is 5.35. The molecule has 0 amide bonds. The van der Waals surface area contributed by atoms with E-state index in [0.29, 0.717) is 0 Å². The summed E-state index contributed by atoms with van der Waals surface area (Å²) >= 11 is 0. The van der Waals surface area contributed by atoms with E-state index in [9.17, 15) is 5.11 Å². The quantitative estimate of drug-likeness (QED) is 0.767. The van der Waals surface area contributed by atoms with Gasteiger partial charge in [-0.25, -0.2) is 0 Å². The maximum Gasteiger partial charge on any atom is 0.106 e. The minimum atomic E-state index is -0.432. The van der Waals surface area contributed by atoms with Crippen molar-refractivity contribution in [3.63, 3.8) is 0 Å². The number of benzene rings is 1. The van der Waals surface area contributed by atoms with Crippen molar-refractivity contribution < 1.29 is 9.84 Å². The van der Waals surface area contributed by atoms with Gasteiger partial charge in [0.2, 0.25) is 0 Å². The van der Waals surface area contributed by atoms with Gasteiger partial charge in [0.1, 0.15) is 6.10 Å². The molecular weight excluding hydrogens is 188 g/mol. The van der Waals surface area contributed by atoms with Gasteiger partial charge in [0.25, 0.3) is 0 Å². The van der Waals surface area contributed by atoms with Crippen LogP contribution in [0.3, 0.4) is 0 Å². The molecule has 2 unspecified atom stereocenters. The minimum absolute atomic E-state index is 0.0334. The fraction of sp³-hybridized carbons (Fsp3) is 0.538. The molecule has 0 radical (unpaired) electrons. The van der Waals surface area contributed by atoms with Crippen LogP contribution in [-0.4, -0.2) is 17.8 Å². The van der Waals surface area contributed by atoms with Crippen LogP contribution in [0.2, 0.25) is 0 Å². The Morgan fingerprint density at radius 1 is 1.40 bits per heavy atom. The predicted molar refractivity (Wildman–Crippen MR) is 59.8 cm³/mol. The lowest BCUT2D eigenvalue weighted by atomic mass is 10.1. The number of unbranched alkanes of at least 4 members (excludes halogenated alkanes) is 1. The van der Waals surface area contributed by atoms with Crippen LogP contribution < -0.4 is 0 Å². The van der Waals surface area contributed by atoms with Crippen LogP contribution in [0.15, 0.2) is 24.3 Å². The molecule has 15 heavy (non-hydrogen) atoms. The average molecular weight is 206 g/mol. The number of aliphatic hydroxyl groups is 1. The van der Waals surface area contributed by atoms with Crippen molar-refractivity contribution in [1.82, 2.24) is 0 Å². The fourth-order valence-corrected chi connectivity index (χ4v) is 2.07. The van der Waals surface area contributed by atoms with E-state index in [1.54, 1.807) is 0 Å². The van der Waals surface area contributed by atoms with E-state index in [1.165, 1.54) is 5.56 Å². The number of fused-ring (bicyclic) bond motifs is 1. The Labute approximate surface area is 90.9 Å². The number of hydrogen-bond donors (Lipinski definition) is 1. The predicted octanol–water partition coefficient (Wildman–Crippen LogP) is 2.46. The highest BCUT2D eigenvalue weighted by Crippen LogP contribution is 2.32. The second kappa shape index (κ2) is 4.77. The lowest BCUT2D eigenvalue weighted by Gasteiger charge is -2.15. The zero-order valence-electron chi connectivity index (χ0n) is 9.15. The van der Waals surface area contributed by atoms with Crippen LogP contribution in [0.4, 0.5) is 0 Å². The van der Waals surface area contributed by atoms with Gasteiger partial charge in [0.15, 0.2) is 0 Å². The van der Waals surface area contributed by atoms with E-state index < -0.39 is 6.10 Å². The molecule has 0 fully saturated rings. The molecule has 82 valence electrons. The van der Waals surface area contributed by atoms with Crippen LogP contribution in [0.1, 0.15) is 37.0 Å².